The van der Waals surface area contributed by atoms with Crippen LogP contribution in [-0.4, -0.2) is 16.3 Å². The molecule has 1 saturated carbocycles. The van der Waals surface area contributed by atoms with Gasteiger partial charge in [0.1, 0.15) is 0 Å². The fraction of sp³-hybridized carbons (Fsp3) is 0.312. The van der Waals surface area contributed by atoms with Crippen LogP contribution < -0.4 is 10.9 Å². The summed E-state index contributed by atoms with van der Waals surface area (Å²) >= 11 is 0. The van der Waals surface area contributed by atoms with Crippen LogP contribution in [0, 0.1) is 17.2 Å². The topological polar surface area (TPSA) is 70.7 Å². The molecule has 0 aliphatic heterocycles. The normalized spacial score (nSPS) is 13.7. The smallest absolute Gasteiger partial charge is 0.269 e. The van der Waals surface area contributed by atoms with E-state index in [4.69, 9.17) is 5.26 Å². The van der Waals surface area contributed by atoms with Crippen molar-refractivity contribution in [3.8, 4) is 6.07 Å². The molecule has 1 aromatic carbocycles. The number of benzene rings is 1. The molecule has 0 saturated heterocycles. The van der Waals surface area contributed by atoms with E-state index in [2.05, 4.69) is 16.5 Å². The number of hydrogen-bond donors (Lipinski definition) is 1. The van der Waals surface area contributed by atoms with Crippen LogP contribution in [0.25, 0.3) is 0 Å². The maximum atomic E-state index is 12.0. The Morgan fingerprint density at radius 2 is 2.10 bits per heavy atom. The van der Waals surface area contributed by atoms with Gasteiger partial charge < -0.3 is 5.32 Å². The van der Waals surface area contributed by atoms with Gasteiger partial charge in [-0.15, -0.1) is 0 Å². The standard InChI is InChI=1S/C16H16N4O/c17-8-12-1-5-14(6-2-12)11-20-16(21)7-15(10-19-20)18-9-13-3-4-13/h1-2,5-7,10,13,18H,3-4,9,11H2. The molecule has 1 aliphatic carbocycles. The van der Waals surface area contributed by atoms with Crippen molar-refractivity contribution in [1.82, 2.24) is 9.78 Å². The third-order valence-corrected chi connectivity index (χ3v) is 3.58. The van der Waals surface area contributed by atoms with E-state index >= 15 is 0 Å². The van der Waals surface area contributed by atoms with Crippen LogP contribution in [0.15, 0.2) is 41.3 Å². The second-order valence-corrected chi connectivity index (χ2v) is 5.37. The minimum absolute atomic E-state index is 0.125. The molecule has 0 spiro atoms. The first kappa shape index (κ1) is 13.4. The number of aromatic nitrogens is 2. The number of nitriles is 1. The zero-order chi connectivity index (χ0) is 14.7. The van der Waals surface area contributed by atoms with E-state index in [1.165, 1.54) is 17.5 Å². The molecule has 0 radical (unpaired) electrons. The SMILES string of the molecule is N#Cc1ccc(Cn2ncc(NCC3CC3)cc2=O)cc1. The van der Waals surface area contributed by atoms with Crippen molar-refractivity contribution in [2.75, 3.05) is 11.9 Å². The first-order valence-electron chi connectivity index (χ1n) is 7.05. The minimum Gasteiger partial charge on any atom is -0.383 e. The van der Waals surface area contributed by atoms with Crippen molar-refractivity contribution >= 4 is 5.69 Å². The van der Waals surface area contributed by atoms with Crippen LogP contribution in [0.1, 0.15) is 24.0 Å². The molecule has 5 heteroatoms. The lowest BCUT2D eigenvalue weighted by molar-refractivity contribution is 0.639. The summed E-state index contributed by atoms with van der Waals surface area (Å²) in [7, 11) is 0. The van der Waals surface area contributed by atoms with Crippen LogP contribution in [0.4, 0.5) is 5.69 Å². The Balaban J connectivity index is 1.69. The van der Waals surface area contributed by atoms with Gasteiger partial charge in [0, 0.05) is 12.6 Å². The summed E-state index contributed by atoms with van der Waals surface area (Å²) in [6, 6.07) is 10.8. The van der Waals surface area contributed by atoms with Gasteiger partial charge in [-0.3, -0.25) is 4.79 Å². The summed E-state index contributed by atoms with van der Waals surface area (Å²) in [6.45, 7) is 1.33. The van der Waals surface area contributed by atoms with E-state index in [1.54, 1.807) is 24.4 Å². The van der Waals surface area contributed by atoms with Gasteiger partial charge in [0.2, 0.25) is 0 Å². The molecule has 0 amide bonds. The molecule has 21 heavy (non-hydrogen) atoms. The lowest BCUT2D eigenvalue weighted by Gasteiger charge is -2.08. The Kier molecular flexibility index (Phi) is 3.69. The zero-order valence-corrected chi connectivity index (χ0v) is 11.6. The summed E-state index contributed by atoms with van der Waals surface area (Å²) in [6.07, 6.45) is 4.24. The highest BCUT2D eigenvalue weighted by molar-refractivity contribution is 5.39. The number of nitrogens with one attached hydrogen (secondary N) is 1. The molecule has 106 valence electrons. The molecule has 2 aromatic rings. The second-order valence-electron chi connectivity index (χ2n) is 5.37. The van der Waals surface area contributed by atoms with Crippen molar-refractivity contribution in [3.63, 3.8) is 0 Å². The Morgan fingerprint density at radius 3 is 2.71 bits per heavy atom. The van der Waals surface area contributed by atoms with Crippen molar-refractivity contribution in [2.24, 2.45) is 5.92 Å². The third-order valence-electron chi connectivity index (χ3n) is 3.58. The summed E-state index contributed by atoms with van der Waals surface area (Å²) in [5, 5.41) is 16.2. The lowest BCUT2D eigenvalue weighted by atomic mass is 10.1. The van der Waals surface area contributed by atoms with Crippen LogP contribution in [-0.2, 0) is 6.54 Å². The molecule has 0 unspecified atom stereocenters. The van der Waals surface area contributed by atoms with E-state index in [-0.39, 0.29) is 5.56 Å². The predicted molar refractivity (Wildman–Crippen MR) is 80.0 cm³/mol. The summed E-state index contributed by atoms with van der Waals surface area (Å²) in [5.41, 5.74) is 2.21. The lowest BCUT2D eigenvalue weighted by Crippen LogP contribution is -2.23. The van der Waals surface area contributed by atoms with Gasteiger partial charge in [-0.25, -0.2) is 4.68 Å². The highest BCUT2D eigenvalue weighted by Crippen LogP contribution is 2.28. The van der Waals surface area contributed by atoms with Gasteiger partial charge in [0.25, 0.3) is 5.56 Å². The molecule has 1 heterocycles. The van der Waals surface area contributed by atoms with Crippen molar-refractivity contribution < 1.29 is 0 Å². The van der Waals surface area contributed by atoms with Crippen LogP contribution >= 0.6 is 0 Å². The summed E-state index contributed by atoms with van der Waals surface area (Å²) < 4.78 is 1.42. The van der Waals surface area contributed by atoms with Crippen LogP contribution in [0.3, 0.4) is 0 Å². The van der Waals surface area contributed by atoms with Gasteiger partial charge >= 0.3 is 0 Å². The van der Waals surface area contributed by atoms with Gasteiger partial charge in [0.05, 0.1) is 30.1 Å². The van der Waals surface area contributed by atoms with Crippen LogP contribution in [0.2, 0.25) is 0 Å². The van der Waals surface area contributed by atoms with Gasteiger partial charge in [0.15, 0.2) is 0 Å². The monoisotopic (exact) mass is 280 g/mol. The molecule has 1 fully saturated rings. The molecule has 1 aliphatic rings. The maximum Gasteiger partial charge on any atom is 0.269 e. The maximum absolute atomic E-state index is 12.0. The average molecular weight is 280 g/mol. The fourth-order valence-corrected chi connectivity index (χ4v) is 2.09. The Hall–Kier alpha value is -2.61. The Labute approximate surface area is 122 Å². The van der Waals surface area contributed by atoms with Crippen molar-refractivity contribution in [3.05, 3.63) is 58.0 Å². The highest BCUT2D eigenvalue weighted by Gasteiger charge is 2.20. The number of rotatable bonds is 5. The van der Waals surface area contributed by atoms with E-state index < -0.39 is 0 Å². The van der Waals surface area contributed by atoms with E-state index in [9.17, 15) is 4.79 Å². The predicted octanol–water partition coefficient (Wildman–Crippen LogP) is 1.99. The van der Waals surface area contributed by atoms with E-state index in [0.29, 0.717) is 12.1 Å². The molecule has 5 nitrogen and oxygen atoms in total. The van der Waals surface area contributed by atoms with Crippen molar-refractivity contribution in [2.45, 2.75) is 19.4 Å². The molecule has 3 rings (SSSR count). The average Bonchev–Trinajstić information content (AvgIpc) is 3.33. The van der Waals surface area contributed by atoms with Crippen LogP contribution in [0.5, 0.6) is 0 Å². The zero-order valence-electron chi connectivity index (χ0n) is 11.6. The summed E-state index contributed by atoms with van der Waals surface area (Å²) in [4.78, 5) is 12.0. The van der Waals surface area contributed by atoms with Gasteiger partial charge in [-0.05, 0) is 36.5 Å². The largest absolute Gasteiger partial charge is 0.383 e. The molecular formula is C16H16N4O. The third kappa shape index (κ3) is 3.48. The van der Waals surface area contributed by atoms with Gasteiger partial charge in [-0.1, -0.05) is 12.1 Å². The fourth-order valence-electron chi connectivity index (χ4n) is 2.09. The Bertz CT molecular complexity index is 723. The summed E-state index contributed by atoms with van der Waals surface area (Å²) in [5.74, 6) is 0.756. The van der Waals surface area contributed by atoms with E-state index in [1.807, 2.05) is 12.1 Å². The highest BCUT2D eigenvalue weighted by atomic mass is 16.1. The first-order chi connectivity index (χ1) is 10.2. The minimum atomic E-state index is -0.125. The molecule has 0 atom stereocenters. The van der Waals surface area contributed by atoms with E-state index in [0.717, 1.165) is 23.7 Å². The second kappa shape index (κ2) is 5.80. The number of anilines is 1. The number of nitrogens with zero attached hydrogens (tertiary/aromatic N) is 3. The first-order valence-corrected chi connectivity index (χ1v) is 7.05. The quantitative estimate of drug-likeness (QED) is 0.909. The van der Waals surface area contributed by atoms with Gasteiger partial charge in [-0.2, -0.15) is 10.4 Å². The molecule has 1 N–H and O–H groups in total. The molecule has 0 bridgehead atoms. The molecular weight excluding hydrogens is 264 g/mol. The van der Waals surface area contributed by atoms with Crippen molar-refractivity contribution in [1.29, 1.82) is 5.26 Å². The number of hydrogen-bond acceptors (Lipinski definition) is 4. The molecule has 1 aromatic heterocycles. The Morgan fingerprint density at radius 1 is 1.33 bits per heavy atom.